The maximum absolute atomic E-state index is 6.22. The molecule has 0 aliphatic heterocycles. The number of hydrogen-bond acceptors (Lipinski definition) is 1. The number of halogens is 2. The molecule has 1 aliphatic rings. The highest BCUT2D eigenvalue weighted by atomic mass is 35.5. The minimum Gasteiger partial charge on any atom is -0.376 e. The highest BCUT2D eigenvalue weighted by Crippen LogP contribution is 2.53. The summed E-state index contributed by atoms with van der Waals surface area (Å²) in [5.41, 5.74) is 1.08. The van der Waals surface area contributed by atoms with Gasteiger partial charge in [-0.15, -0.1) is 11.6 Å². The van der Waals surface area contributed by atoms with E-state index in [0.717, 1.165) is 17.0 Å². The Balaban J connectivity index is 2.61. The van der Waals surface area contributed by atoms with Gasteiger partial charge < -0.3 is 4.74 Å². The van der Waals surface area contributed by atoms with Crippen LogP contribution in [0.4, 0.5) is 0 Å². The summed E-state index contributed by atoms with van der Waals surface area (Å²) in [6, 6.07) is 0. The average Bonchev–Trinajstić information content (AvgIpc) is 2.63. The molecule has 0 amide bonds. The Kier molecular flexibility index (Phi) is 3.08. The second-order valence-electron chi connectivity index (χ2n) is 3.32. The van der Waals surface area contributed by atoms with Crippen LogP contribution in [-0.4, -0.2) is 17.6 Å². The molecule has 1 saturated carbocycles. The Bertz CT molecular complexity index is 209. The van der Waals surface area contributed by atoms with E-state index in [2.05, 4.69) is 0 Å². The van der Waals surface area contributed by atoms with Gasteiger partial charge in [-0.2, -0.15) is 0 Å². The number of allylic oxidation sites excluding steroid dienone is 1. The van der Waals surface area contributed by atoms with Crippen molar-refractivity contribution in [2.45, 2.75) is 38.2 Å². The smallest absolute Gasteiger partial charge is 0.109 e. The third-order valence-electron chi connectivity index (χ3n) is 2.00. The summed E-state index contributed by atoms with van der Waals surface area (Å²) in [5.74, 6) is 0. The van der Waals surface area contributed by atoms with Crippen molar-refractivity contribution in [2.75, 3.05) is 6.61 Å². The summed E-state index contributed by atoms with van der Waals surface area (Å²) < 4.78 is 5.39. The van der Waals surface area contributed by atoms with E-state index in [1.165, 1.54) is 0 Å². The van der Waals surface area contributed by atoms with Gasteiger partial charge in [-0.25, -0.2) is 0 Å². The van der Waals surface area contributed by atoms with E-state index in [-0.39, 0.29) is 6.10 Å². The lowest BCUT2D eigenvalue weighted by atomic mass is 10.2. The van der Waals surface area contributed by atoms with Gasteiger partial charge >= 0.3 is 0 Å². The first kappa shape index (κ1) is 10.4. The zero-order valence-electron chi connectivity index (χ0n) is 7.66. The maximum Gasteiger partial charge on any atom is 0.109 e. The predicted octanol–water partition coefficient (Wildman–Crippen LogP) is 3.31. The Morgan fingerprint density at radius 2 is 2.17 bits per heavy atom. The van der Waals surface area contributed by atoms with Crippen LogP contribution in [0.2, 0.25) is 0 Å². The Hall–Kier alpha value is 0.280. The average molecular weight is 209 g/mol. The van der Waals surface area contributed by atoms with E-state index in [9.17, 15) is 0 Å². The molecule has 1 aliphatic carbocycles. The number of hydrogen-bond donors (Lipinski definition) is 0. The van der Waals surface area contributed by atoms with Gasteiger partial charge in [0.2, 0.25) is 0 Å². The van der Waals surface area contributed by atoms with Crippen molar-refractivity contribution >= 4 is 23.2 Å². The van der Waals surface area contributed by atoms with Crippen LogP contribution in [0.15, 0.2) is 10.6 Å². The summed E-state index contributed by atoms with van der Waals surface area (Å²) in [6.45, 7) is 6.60. The number of rotatable bonds is 3. The fourth-order valence-corrected chi connectivity index (χ4v) is 1.84. The van der Waals surface area contributed by atoms with Crippen molar-refractivity contribution < 1.29 is 4.74 Å². The SMILES string of the molecule is CCO[C@H]1C[C@@]1(Cl)C(Cl)=C(C)C. The first-order valence-corrected chi connectivity index (χ1v) is 4.92. The fraction of sp³-hybridized carbons (Fsp3) is 0.778. The third kappa shape index (κ3) is 1.78. The van der Waals surface area contributed by atoms with Crippen molar-refractivity contribution in [3.63, 3.8) is 0 Å². The normalized spacial score (nSPS) is 33.2. The largest absolute Gasteiger partial charge is 0.376 e. The molecule has 0 aromatic rings. The van der Waals surface area contributed by atoms with E-state index >= 15 is 0 Å². The molecular weight excluding hydrogens is 195 g/mol. The topological polar surface area (TPSA) is 9.23 Å². The van der Waals surface area contributed by atoms with E-state index < -0.39 is 4.87 Å². The summed E-state index contributed by atoms with van der Waals surface area (Å²) >= 11 is 12.3. The zero-order valence-corrected chi connectivity index (χ0v) is 9.17. The Morgan fingerprint density at radius 3 is 2.58 bits per heavy atom. The highest BCUT2D eigenvalue weighted by molar-refractivity contribution is 6.41. The summed E-state index contributed by atoms with van der Waals surface area (Å²) in [6.07, 6.45) is 0.957. The van der Waals surface area contributed by atoms with Crippen LogP contribution in [-0.2, 0) is 4.74 Å². The molecule has 1 rings (SSSR count). The van der Waals surface area contributed by atoms with Crippen molar-refractivity contribution in [3.05, 3.63) is 10.6 Å². The molecule has 0 saturated heterocycles. The highest BCUT2D eigenvalue weighted by Gasteiger charge is 2.56. The molecule has 0 bridgehead atoms. The second kappa shape index (κ2) is 3.57. The lowest BCUT2D eigenvalue weighted by molar-refractivity contribution is 0.128. The van der Waals surface area contributed by atoms with Gasteiger partial charge in [-0.05, 0) is 20.8 Å². The minimum absolute atomic E-state index is 0.117. The quantitative estimate of drug-likeness (QED) is 0.648. The van der Waals surface area contributed by atoms with Crippen LogP contribution in [0.1, 0.15) is 27.2 Å². The molecule has 0 radical (unpaired) electrons. The predicted molar refractivity (Wildman–Crippen MR) is 52.8 cm³/mol. The Labute approximate surface area is 83.7 Å². The number of ether oxygens (including phenoxy) is 1. The lowest BCUT2D eigenvalue weighted by Gasteiger charge is -2.09. The van der Waals surface area contributed by atoms with Crippen LogP contribution < -0.4 is 0 Å². The first-order chi connectivity index (χ1) is 5.52. The van der Waals surface area contributed by atoms with E-state index in [1.54, 1.807) is 0 Å². The minimum atomic E-state index is -0.406. The van der Waals surface area contributed by atoms with Crippen LogP contribution in [0, 0.1) is 0 Å². The van der Waals surface area contributed by atoms with Crippen molar-refractivity contribution in [3.8, 4) is 0 Å². The fourth-order valence-electron chi connectivity index (χ4n) is 1.25. The molecule has 1 nitrogen and oxygen atoms in total. The molecule has 70 valence electrons. The molecule has 1 fully saturated rings. The molecular formula is C9H14Cl2O. The van der Waals surface area contributed by atoms with Crippen LogP contribution >= 0.6 is 23.2 Å². The van der Waals surface area contributed by atoms with Crippen LogP contribution in [0.3, 0.4) is 0 Å². The van der Waals surface area contributed by atoms with Crippen molar-refractivity contribution in [1.29, 1.82) is 0 Å². The van der Waals surface area contributed by atoms with Crippen LogP contribution in [0.25, 0.3) is 0 Å². The standard InChI is InChI=1S/C9H14Cl2O/c1-4-12-7-5-9(7,11)8(10)6(2)3/h7H,4-5H2,1-3H3/t7-,9-/m0/s1. The first-order valence-electron chi connectivity index (χ1n) is 4.16. The van der Waals surface area contributed by atoms with Crippen LogP contribution in [0.5, 0.6) is 0 Å². The molecule has 0 aromatic carbocycles. The van der Waals surface area contributed by atoms with Gasteiger partial charge in [0.1, 0.15) is 4.87 Å². The molecule has 0 spiro atoms. The number of alkyl halides is 1. The molecule has 0 unspecified atom stereocenters. The molecule has 3 heteroatoms. The molecule has 0 aromatic heterocycles. The summed E-state index contributed by atoms with van der Waals surface area (Å²) in [4.78, 5) is -0.406. The van der Waals surface area contributed by atoms with E-state index in [0.29, 0.717) is 6.61 Å². The van der Waals surface area contributed by atoms with E-state index in [1.807, 2.05) is 20.8 Å². The van der Waals surface area contributed by atoms with Gasteiger partial charge in [-0.1, -0.05) is 17.2 Å². The molecule has 12 heavy (non-hydrogen) atoms. The van der Waals surface area contributed by atoms with E-state index in [4.69, 9.17) is 27.9 Å². The summed E-state index contributed by atoms with van der Waals surface area (Å²) in [7, 11) is 0. The van der Waals surface area contributed by atoms with Gasteiger partial charge in [0.05, 0.1) is 6.10 Å². The van der Waals surface area contributed by atoms with Gasteiger partial charge in [-0.3, -0.25) is 0 Å². The molecule has 2 atom stereocenters. The van der Waals surface area contributed by atoms with Crippen molar-refractivity contribution in [1.82, 2.24) is 0 Å². The lowest BCUT2D eigenvalue weighted by Crippen LogP contribution is -2.10. The second-order valence-corrected chi connectivity index (χ2v) is 4.38. The van der Waals surface area contributed by atoms with Gasteiger partial charge in [0.15, 0.2) is 0 Å². The Morgan fingerprint density at radius 1 is 1.58 bits per heavy atom. The molecule has 0 heterocycles. The third-order valence-corrected chi connectivity index (χ3v) is 3.40. The van der Waals surface area contributed by atoms with Crippen molar-refractivity contribution in [2.24, 2.45) is 0 Å². The zero-order chi connectivity index (χ0) is 9.35. The molecule has 0 N–H and O–H groups in total. The summed E-state index contributed by atoms with van der Waals surface area (Å²) in [5, 5.41) is 0.752. The monoisotopic (exact) mass is 208 g/mol. The van der Waals surface area contributed by atoms with Gasteiger partial charge in [0, 0.05) is 18.1 Å². The maximum atomic E-state index is 6.22. The van der Waals surface area contributed by atoms with Gasteiger partial charge in [0.25, 0.3) is 0 Å².